The van der Waals surface area contributed by atoms with Crippen LogP contribution in [0.2, 0.25) is 0 Å². The number of aliphatic hydroxyl groups is 2. The average molecular weight is 1100 g/mol. The number of allylic oxidation sites excluding steroid dienone is 6. The van der Waals surface area contributed by atoms with Crippen molar-refractivity contribution < 1.29 is 24.5 Å². The SMILES string of the molecule is CCCCC/C=C\C/C=C\CCCCCCCC(=O)OCCCCCCCCCCCCCC/C=C\CCCCCCCCCCCCC(=O)NC(CO)C(O)CCCCCCCCCCCCCCCCCCCCCC. The van der Waals surface area contributed by atoms with Crippen molar-refractivity contribution in [2.24, 2.45) is 0 Å². The molecule has 0 saturated carbocycles. The van der Waals surface area contributed by atoms with Crippen LogP contribution in [-0.4, -0.2) is 47.4 Å². The number of carbonyl (C=O) groups excluding carboxylic acids is 2. The molecular formula is C72H137NO5. The molecule has 0 fully saturated rings. The van der Waals surface area contributed by atoms with Crippen molar-refractivity contribution in [1.82, 2.24) is 5.32 Å². The van der Waals surface area contributed by atoms with E-state index in [1.165, 1.54) is 302 Å². The molecule has 0 radical (unpaired) electrons. The molecule has 0 aliphatic heterocycles. The maximum Gasteiger partial charge on any atom is 0.305 e. The molecule has 0 aromatic rings. The molecule has 6 nitrogen and oxygen atoms in total. The van der Waals surface area contributed by atoms with Gasteiger partial charge >= 0.3 is 5.97 Å². The van der Waals surface area contributed by atoms with Gasteiger partial charge in [0, 0.05) is 12.8 Å². The molecular weight excluding hydrogens is 959 g/mol. The van der Waals surface area contributed by atoms with Gasteiger partial charge in [-0.25, -0.2) is 0 Å². The Morgan fingerprint density at radius 1 is 0.359 bits per heavy atom. The fourth-order valence-corrected chi connectivity index (χ4v) is 11.0. The van der Waals surface area contributed by atoms with Crippen molar-refractivity contribution in [3.63, 3.8) is 0 Å². The summed E-state index contributed by atoms with van der Waals surface area (Å²) < 4.78 is 5.48. The average Bonchev–Trinajstić information content (AvgIpc) is 3.44. The van der Waals surface area contributed by atoms with Gasteiger partial charge in [0.2, 0.25) is 5.91 Å². The summed E-state index contributed by atoms with van der Waals surface area (Å²) in [4.78, 5) is 24.6. The number of aliphatic hydroxyl groups excluding tert-OH is 2. The molecule has 0 aliphatic carbocycles. The third kappa shape index (κ3) is 63.3. The minimum absolute atomic E-state index is 0.000783. The molecule has 0 heterocycles. The molecule has 0 bridgehead atoms. The van der Waals surface area contributed by atoms with Crippen molar-refractivity contribution >= 4 is 11.9 Å². The van der Waals surface area contributed by atoms with Crippen LogP contribution < -0.4 is 5.32 Å². The Morgan fingerprint density at radius 2 is 0.641 bits per heavy atom. The maximum absolute atomic E-state index is 12.5. The number of esters is 1. The van der Waals surface area contributed by atoms with E-state index in [0.29, 0.717) is 25.9 Å². The Labute approximate surface area is 487 Å². The van der Waals surface area contributed by atoms with Crippen LogP contribution in [0, 0.1) is 0 Å². The third-order valence-corrected chi connectivity index (χ3v) is 16.4. The highest BCUT2D eigenvalue weighted by molar-refractivity contribution is 5.76. The van der Waals surface area contributed by atoms with Gasteiger partial charge in [-0.05, 0) is 83.5 Å². The molecule has 0 aliphatic rings. The van der Waals surface area contributed by atoms with E-state index in [4.69, 9.17) is 4.74 Å². The van der Waals surface area contributed by atoms with E-state index in [0.717, 1.165) is 51.4 Å². The van der Waals surface area contributed by atoms with Crippen LogP contribution in [0.1, 0.15) is 386 Å². The zero-order chi connectivity index (χ0) is 56.4. The van der Waals surface area contributed by atoms with E-state index in [9.17, 15) is 19.8 Å². The van der Waals surface area contributed by atoms with Crippen molar-refractivity contribution in [3.05, 3.63) is 36.5 Å². The zero-order valence-corrected chi connectivity index (χ0v) is 52.7. The monoisotopic (exact) mass is 1100 g/mol. The molecule has 0 rings (SSSR count). The summed E-state index contributed by atoms with van der Waals surface area (Å²) in [5, 5.41) is 23.4. The number of hydrogen-bond donors (Lipinski definition) is 3. The van der Waals surface area contributed by atoms with Crippen molar-refractivity contribution in [1.29, 1.82) is 0 Å². The molecule has 3 N–H and O–H groups in total. The quantitative estimate of drug-likeness (QED) is 0.0320. The minimum Gasteiger partial charge on any atom is -0.466 e. The summed E-state index contributed by atoms with van der Waals surface area (Å²) >= 11 is 0. The summed E-state index contributed by atoms with van der Waals surface area (Å²) in [5.74, 6) is -0.0325. The number of ether oxygens (including phenoxy) is 1. The number of carbonyl (C=O) groups is 2. The number of unbranched alkanes of at least 4 members (excludes halogenated alkanes) is 49. The van der Waals surface area contributed by atoms with Crippen LogP contribution in [0.4, 0.5) is 0 Å². The lowest BCUT2D eigenvalue weighted by molar-refractivity contribution is -0.143. The highest BCUT2D eigenvalue weighted by Crippen LogP contribution is 2.19. The molecule has 0 saturated heterocycles. The van der Waals surface area contributed by atoms with E-state index in [1.54, 1.807) is 0 Å². The largest absolute Gasteiger partial charge is 0.466 e. The molecule has 0 spiro atoms. The van der Waals surface area contributed by atoms with Crippen LogP contribution >= 0.6 is 0 Å². The standard InChI is InChI=1S/C72H137NO5/c1-3-5-7-9-11-13-15-17-19-20-21-30-33-37-40-44-48-52-56-60-64-70(75)69(68-74)73-71(76)65-61-57-53-49-45-41-38-34-31-28-26-24-22-23-25-27-29-32-35-39-43-47-51-55-59-63-67-78-72(77)66-62-58-54-50-46-42-36-18-16-14-12-10-8-6-4-2/h12,14,18,22,24,36,69-70,74-75H,3-11,13,15-17,19-21,23,25-35,37-68H2,1-2H3,(H,73,76)/b14-12-,24-22-,36-18-. The number of hydrogen-bond acceptors (Lipinski definition) is 5. The Balaban J connectivity index is 3.40. The first kappa shape index (κ1) is 76.1. The molecule has 460 valence electrons. The van der Waals surface area contributed by atoms with E-state index >= 15 is 0 Å². The second-order valence-electron chi connectivity index (χ2n) is 24.2. The van der Waals surface area contributed by atoms with Gasteiger partial charge in [0.05, 0.1) is 25.4 Å². The second kappa shape index (κ2) is 67.6. The highest BCUT2D eigenvalue weighted by Gasteiger charge is 2.20. The molecule has 1 amide bonds. The lowest BCUT2D eigenvalue weighted by Crippen LogP contribution is -2.45. The molecule has 2 atom stereocenters. The van der Waals surface area contributed by atoms with Gasteiger partial charge in [0.15, 0.2) is 0 Å². The number of amides is 1. The van der Waals surface area contributed by atoms with Crippen molar-refractivity contribution in [2.75, 3.05) is 13.2 Å². The van der Waals surface area contributed by atoms with Crippen LogP contribution in [-0.2, 0) is 14.3 Å². The lowest BCUT2D eigenvalue weighted by atomic mass is 10.0. The fraction of sp³-hybridized carbons (Fsp3) is 0.889. The number of rotatable bonds is 66. The van der Waals surface area contributed by atoms with Gasteiger partial charge in [0.1, 0.15) is 0 Å². The van der Waals surface area contributed by atoms with E-state index < -0.39 is 12.1 Å². The zero-order valence-electron chi connectivity index (χ0n) is 52.7. The smallest absolute Gasteiger partial charge is 0.305 e. The Hall–Kier alpha value is -1.92. The highest BCUT2D eigenvalue weighted by atomic mass is 16.5. The molecule has 0 aromatic carbocycles. The molecule has 78 heavy (non-hydrogen) atoms. The maximum atomic E-state index is 12.5. The van der Waals surface area contributed by atoms with Crippen LogP contribution in [0.3, 0.4) is 0 Å². The first-order valence-electron chi connectivity index (χ1n) is 35.2. The van der Waals surface area contributed by atoms with E-state index in [-0.39, 0.29) is 18.5 Å². The summed E-state index contributed by atoms with van der Waals surface area (Å²) in [6.07, 6.45) is 86.1. The van der Waals surface area contributed by atoms with Gasteiger partial charge in [-0.15, -0.1) is 0 Å². The second-order valence-corrected chi connectivity index (χ2v) is 24.2. The fourth-order valence-electron chi connectivity index (χ4n) is 11.0. The first-order valence-corrected chi connectivity index (χ1v) is 35.2. The van der Waals surface area contributed by atoms with Crippen LogP contribution in [0.15, 0.2) is 36.5 Å². The Kier molecular flexibility index (Phi) is 65.9. The van der Waals surface area contributed by atoms with E-state index in [1.807, 2.05) is 0 Å². The van der Waals surface area contributed by atoms with Crippen molar-refractivity contribution in [3.8, 4) is 0 Å². The van der Waals surface area contributed by atoms with Gasteiger partial charge < -0.3 is 20.3 Å². The topological polar surface area (TPSA) is 95.9 Å². The van der Waals surface area contributed by atoms with Crippen molar-refractivity contribution in [2.45, 2.75) is 398 Å². The third-order valence-electron chi connectivity index (χ3n) is 16.4. The minimum atomic E-state index is -0.667. The molecule has 2 unspecified atom stereocenters. The number of nitrogens with one attached hydrogen (secondary N) is 1. The van der Waals surface area contributed by atoms with Gasteiger partial charge in [-0.1, -0.05) is 326 Å². The summed E-state index contributed by atoms with van der Waals surface area (Å²) in [5.41, 5.74) is 0. The van der Waals surface area contributed by atoms with Crippen LogP contribution in [0.5, 0.6) is 0 Å². The first-order chi connectivity index (χ1) is 38.5. The van der Waals surface area contributed by atoms with Gasteiger partial charge in [0.25, 0.3) is 0 Å². The Bertz CT molecular complexity index is 1260. The van der Waals surface area contributed by atoms with E-state index in [2.05, 4.69) is 55.6 Å². The van der Waals surface area contributed by atoms with Gasteiger partial charge in [-0.3, -0.25) is 9.59 Å². The Morgan fingerprint density at radius 3 is 1.01 bits per heavy atom. The predicted octanol–water partition coefficient (Wildman–Crippen LogP) is 22.7. The predicted molar refractivity (Wildman–Crippen MR) is 343 cm³/mol. The lowest BCUT2D eigenvalue weighted by Gasteiger charge is -2.22. The molecule has 6 heteroatoms. The molecule has 0 aromatic heterocycles. The summed E-state index contributed by atoms with van der Waals surface area (Å²) in [7, 11) is 0. The summed E-state index contributed by atoms with van der Waals surface area (Å²) in [6.45, 7) is 4.95. The summed E-state index contributed by atoms with van der Waals surface area (Å²) in [6, 6.07) is -0.544. The normalized spacial score (nSPS) is 12.7. The van der Waals surface area contributed by atoms with Crippen LogP contribution in [0.25, 0.3) is 0 Å². The van der Waals surface area contributed by atoms with Gasteiger partial charge in [-0.2, -0.15) is 0 Å².